The number of halogens is 1. The van der Waals surface area contributed by atoms with E-state index in [0.717, 1.165) is 17.8 Å². The Kier molecular flexibility index (Phi) is 3.45. The van der Waals surface area contributed by atoms with Crippen LogP contribution in [-0.4, -0.2) is 0 Å². The van der Waals surface area contributed by atoms with Crippen molar-refractivity contribution in [3.05, 3.63) is 11.6 Å². The molecule has 0 bridgehead atoms. The Labute approximate surface area is 74.6 Å². The zero-order chi connectivity index (χ0) is 8.27. The van der Waals surface area contributed by atoms with Gasteiger partial charge in [-0.1, -0.05) is 31.5 Å². The first-order valence-corrected chi connectivity index (χ1v) is 4.93. The van der Waals surface area contributed by atoms with Crippen molar-refractivity contribution in [2.45, 2.75) is 33.1 Å². The van der Waals surface area contributed by atoms with Crippen molar-refractivity contribution in [3.63, 3.8) is 0 Å². The number of rotatable bonds is 1. The molecule has 0 spiro atoms. The van der Waals surface area contributed by atoms with Crippen LogP contribution in [0.5, 0.6) is 0 Å². The van der Waals surface area contributed by atoms with E-state index in [1.165, 1.54) is 19.3 Å². The zero-order valence-electron chi connectivity index (χ0n) is 7.39. The maximum Gasteiger partial charge on any atom is 0.000525 e. The minimum atomic E-state index is 0.742. The van der Waals surface area contributed by atoms with Gasteiger partial charge in [0.2, 0.25) is 0 Å². The van der Waals surface area contributed by atoms with E-state index in [-0.39, 0.29) is 0 Å². The van der Waals surface area contributed by atoms with Crippen molar-refractivity contribution in [3.8, 4) is 0 Å². The molecule has 0 aromatic carbocycles. The van der Waals surface area contributed by atoms with Gasteiger partial charge in [0, 0.05) is 5.54 Å². The summed E-state index contributed by atoms with van der Waals surface area (Å²) in [4.78, 5) is 0. The van der Waals surface area contributed by atoms with Gasteiger partial charge in [-0.2, -0.15) is 0 Å². The van der Waals surface area contributed by atoms with Crippen molar-refractivity contribution in [1.29, 1.82) is 0 Å². The fraction of sp³-hybridized carbons (Fsp3) is 0.800. The van der Waals surface area contributed by atoms with Gasteiger partial charge >= 0.3 is 0 Å². The van der Waals surface area contributed by atoms with Gasteiger partial charge in [-0.25, -0.2) is 0 Å². The molecule has 0 aromatic rings. The normalized spacial score (nSPS) is 39.7. The van der Waals surface area contributed by atoms with Crippen LogP contribution < -0.4 is 0 Å². The molecule has 1 aliphatic rings. The summed E-state index contributed by atoms with van der Waals surface area (Å²) in [6.45, 7) is 4.68. The Bertz CT molecular complexity index is 130. The molecule has 1 aliphatic carbocycles. The molecule has 1 heteroatoms. The van der Waals surface area contributed by atoms with E-state index >= 15 is 0 Å². The maximum atomic E-state index is 5.55. The van der Waals surface area contributed by atoms with Crippen LogP contribution in [-0.2, 0) is 0 Å². The van der Waals surface area contributed by atoms with Gasteiger partial charge in [0.05, 0.1) is 0 Å². The van der Waals surface area contributed by atoms with E-state index in [1.807, 2.05) is 0 Å². The first kappa shape index (κ1) is 9.12. The summed E-state index contributed by atoms with van der Waals surface area (Å²) in [7, 11) is 0. The highest BCUT2D eigenvalue weighted by atomic mass is 35.5. The van der Waals surface area contributed by atoms with Crippen molar-refractivity contribution in [1.82, 2.24) is 0 Å². The second-order valence-corrected chi connectivity index (χ2v) is 4.25. The lowest BCUT2D eigenvalue weighted by Crippen LogP contribution is -2.17. The average Bonchev–Trinajstić information content (AvgIpc) is 1.85. The third kappa shape index (κ3) is 2.86. The molecule has 0 radical (unpaired) electrons. The topological polar surface area (TPSA) is 0 Å². The van der Waals surface area contributed by atoms with Crippen molar-refractivity contribution < 1.29 is 0 Å². The highest BCUT2D eigenvalue weighted by molar-refractivity contribution is 6.25. The molecule has 2 unspecified atom stereocenters. The highest BCUT2D eigenvalue weighted by Crippen LogP contribution is 2.33. The fourth-order valence-electron chi connectivity index (χ4n) is 2.27. The van der Waals surface area contributed by atoms with Crippen LogP contribution in [0.15, 0.2) is 11.6 Å². The maximum absolute atomic E-state index is 5.55. The highest BCUT2D eigenvalue weighted by Gasteiger charge is 2.21. The molecular weight excluding hydrogens is 156 g/mol. The monoisotopic (exact) mass is 172 g/mol. The van der Waals surface area contributed by atoms with Crippen molar-refractivity contribution in [2.75, 3.05) is 0 Å². The van der Waals surface area contributed by atoms with Gasteiger partial charge < -0.3 is 0 Å². The van der Waals surface area contributed by atoms with E-state index in [1.54, 1.807) is 5.54 Å². The van der Waals surface area contributed by atoms with Crippen LogP contribution in [0.1, 0.15) is 33.1 Å². The Hall–Kier alpha value is 0.0300. The molecule has 1 fully saturated rings. The Morgan fingerprint density at radius 3 is 2.09 bits per heavy atom. The Balaban J connectivity index is 2.42. The molecule has 0 aliphatic heterocycles. The van der Waals surface area contributed by atoms with Crippen LogP contribution in [0.2, 0.25) is 0 Å². The second-order valence-electron chi connectivity index (χ2n) is 4.00. The summed E-state index contributed by atoms with van der Waals surface area (Å²) in [6.07, 6.45) is 6.20. The van der Waals surface area contributed by atoms with Crippen LogP contribution in [0, 0.1) is 17.8 Å². The van der Waals surface area contributed by atoms with E-state index in [2.05, 4.69) is 19.9 Å². The molecule has 1 saturated carbocycles. The lowest BCUT2D eigenvalue weighted by Gasteiger charge is -2.29. The van der Waals surface area contributed by atoms with Gasteiger partial charge in [0.1, 0.15) is 0 Å². The van der Waals surface area contributed by atoms with E-state index < -0.39 is 0 Å². The summed E-state index contributed by atoms with van der Waals surface area (Å²) in [5.74, 6) is 2.51. The molecule has 0 heterocycles. The van der Waals surface area contributed by atoms with Gasteiger partial charge in [-0.15, -0.1) is 0 Å². The smallest absolute Gasteiger partial charge is 0.000525 e. The lowest BCUT2D eigenvalue weighted by molar-refractivity contribution is 0.252. The predicted octanol–water partition coefficient (Wildman–Crippen LogP) is 3.81. The van der Waals surface area contributed by atoms with Gasteiger partial charge in [-0.3, -0.25) is 0 Å². The van der Waals surface area contributed by atoms with Crippen molar-refractivity contribution in [2.24, 2.45) is 17.8 Å². The molecule has 0 saturated heterocycles. The largest absolute Gasteiger partial charge is 0.0933 e. The predicted molar refractivity (Wildman–Crippen MR) is 50.7 cm³/mol. The third-order valence-corrected chi connectivity index (χ3v) is 2.71. The first-order valence-electron chi connectivity index (χ1n) is 4.49. The number of hydrogen-bond acceptors (Lipinski definition) is 0. The molecule has 1 rings (SSSR count). The summed E-state index contributed by atoms with van der Waals surface area (Å²) in [5.41, 5.74) is 1.68. The molecule has 0 N–H and O–H groups in total. The SMILES string of the molecule is CC1CC(C)CC(/C=C/Cl)C1. The summed E-state index contributed by atoms with van der Waals surface area (Å²) < 4.78 is 0. The van der Waals surface area contributed by atoms with Crippen molar-refractivity contribution >= 4 is 11.6 Å². The molecule has 11 heavy (non-hydrogen) atoms. The number of hydrogen-bond donors (Lipinski definition) is 0. The lowest BCUT2D eigenvalue weighted by atomic mass is 9.77. The molecule has 0 aromatic heterocycles. The van der Waals surface area contributed by atoms with Gasteiger partial charge in [-0.05, 0) is 37.0 Å². The summed E-state index contributed by atoms with van der Waals surface area (Å²) in [5, 5.41) is 0. The molecule has 0 nitrogen and oxygen atoms in total. The average molecular weight is 173 g/mol. The summed E-state index contributed by atoms with van der Waals surface area (Å²) >= 11 is 5.55. The van der Waals surface area contributed by atoms with Gasteiger partial charge in [0.25, 0.3) is 0 Å². The molecule has 2 atom stereocenters. The zero-order valence-corrected chi connectivity index (χ0v) is 8.14. The standard InChI is InChI=1S/C10H17Cl/c1-8-5-9(2)7-10(6-8)3-4-11/h3-4,8-10H,5-7H2,1-2H3/b4-3+. The van der Waals surface area contributed by atoms with Gasteiger partial charge in [0.15, 0.2) is 0 Å². The molecule has 0 amide bonds. The van der Waals surface area contributed by atoms with Crippen LogP contribution >= 0.6 is 11.6 Å². The van der Waals surface area contributed by atoms with Crippen LogP contribution in [0.25, 0.3) is 0 Å². The molecule has 64 valence electrons. The first-order chi connectivity index (χ1) is 5.22. The van der Waals surface area contributed by atoms with E-state index in [0.29, 0.717) is 0 Å². The second kappa shape index (κ2) is 4.15. The minimum absolute atomic E-state index is 0.742. The fourth-order valence-corrected chi connectivity index (χ4v) is 2.47. The van der Waals surface area contributed by atoms with E-state index in [9.17, 15) is 0 Å². The number of allylic oxidation sites excluding steroid dienone is 1. The van der Waals surface area contributed by atoms with Crippen LogP contribution in [0.3, 0.4) is 0 Å². The Morgan fingerprint density at radius 1 is 1.09 bits per heavy atom. The van der Waals surface area contributed by atoms with E-state index in [4.69, 9.17) is 11.6 Å². The molecular formula is C10H17Cl. The minimum Gasteiger partial charge on any atom is -0.0933 e. The Morgan fingerprint density at radius 2 is 1.64 bits per heavy atom. The quantitative estimate of drug-likeness (QED) is 0.564. The third-order valence-electron chi connectivity index (χ3n) is 2.56. The summed E-state index contributed by atoms with van der Waals surface area (Å²) in [6, 6.07) is 0. The van der Waals surface area contributed by atoms with Crippen LogP contribution in [0.4, 0.5) is 0 Å².